The molecule has 1 aromatic rings. The second-order valence-electron chi connectivity index (χ2n) is 4.99. The zero-order chi connectivity index (χ0) is 19.1. The molecule has 2 nitrogen and oxygen atoms in total. The number of Topliss-reactive ketones (excluding diaryl/α,β-unsaturated/α-hetero) is 1. The van der Waals surface area contributed by atoms with Crippen LogP contribution < -0.4 is 4.90 Å². The van der Waals surface area contributed by atoms with Gasteiger partial charge in [0.05, 0.1) is 0 Å². The molecule has 0 amide bonds. The number of halogens is 9. The van der Waals surface area contributed by atoms with Crippen molar-refractivity contribution in [2.45, 2.75) is 23.9 Å². The summed E-state index contributed by atoms with van der Waals surface area (Å²) >= 11 is 0. The summed E-state index contributed by atoms with van der Waals surface area (Å²) in [6.45, 7) is 0. The second kappa shape index (κ2) is 5.85. The maximum atomic E-state index is 13.5. The van der Waals surface area contributed by atoms with Crippen LogP contribution in [-0.4, -0.2) is 43.8 Å². The molecule has 0 heterocycles. The van der Waals surface area contributed by atoms with Gasteiger partial charge in [0.2, 0.25) is 5.78 Å². The number of ketones is 1. The lowest BCUT2D eigenvalue weighted by atomic mass is 9.95. The Morgan fingerprint density at radius 2 is 1.21 bits per heavy atom. The number of hydrogen-bond donors (Lipinski definition) is 0. The fourth-order valence-electron chi connectivity index (χ4n) is 1.61. The molecule has 0 bridgehead atoms. The van der Waals surface area contributed by atoms with Crippen LogP contribution in [-0.2, 0) is 0 Å². The maximum absolute atomic E-state index is 13.5. The van der Waals surface area contributed by atoms with E-state index in [1.807, 2.05) is 0 Å². The summed E-state index contributed by atoms with van der Waals surface area (Å²) < 4.78 is 115. The molecule has 1 rings (SSSR count). The summed E-state index contributed by atoms with van der Waals surface area (Å²) in [5.41, 5.74) is -0.787. The highest BCUT2D eigenvalue weighted by atomic mass is 19.4. The van der Waals surface area contributed by atoms with Crippen molar-refractivity contribution in [1.29, 1.82) is 0 Å². The van der Waals surface area contributed by atoms with Crippen molar-refractivity contribution < 1.29 is 44.3 Å². The quantitative estimate of drug-likeness (QED) is 0.568. The molecule has 136 valence electrons. The summed E-state index contributed by atoms with van der Waals surface area (Å²) in [6.07, 6.45) is -6.96. The topological polar surface area (TPSA) is 20.3 Å². The van der Waals surface area contributed by atoms with Gasteiger partial charge in [-0.15, -0.1) is 0 Å². The van der Waals surface area contributed by atoms with Crippen LogP contribution in [0.4, 0.5) is 45.2 Å². The summed E-state index contributed by atoms with van der Waals surface area (Å²) in [6, 6.07) is 3.30. The largest absolute Gasteiger partial charge is 0.460 e. The van der Waals surface area contributed by atoms with Gasteiger partial charge in [-0.05, 0) is 24.3 Å². The van der Waals surface area contributed by atoms with E-state index in [4.69, 9.17) is 0 Å². The van der Waals surface area contributed by atoms with E-state index in [0.29, 0.717) is 17.8 Å². The smallest absolute Gasteiger partial charge is 0.378 e. The SMILES string of the molecule is CN(C)c1ccc(C(=O)C(F)(F)C(F)(F)C(F)(F)C(F)(F)F)cc1. The molecule has 11 heteroatoms. The van der Waals surface area contributed by atoms with Gasteiger partial charge in [-0.1, -0.05) is 0 Å². The van der Waals surface area contributed by atoms with Gasteiger partial charge in [-0.3, -0.25) is 4.79 Å². The van der Waals surface area contributed by atoms with E-state index in [0.717, 1.165) is 12.1 Å². The lowest BCUT2D eigenvalue weighted by molar-refractivity contribution is -0.386. The van der Waals surface area contributed by atoms with Gasteiger partial charge >= 0.3 is 23.9 Å². The Bertz CT molecular complexity index is 605. The predicted octanol–water partition coefficient (Wildman–Crippen LogP) is 4.40. The third-order valence-corrected chi connectivity index (χ3v) is 3.08. The molecule has 0 spiro atoms. The predicted molar refractivity (Wildman–Crippen MR) is 66.0 cm³/mol. The summed E-state index contributed by atoms with van der Waals surface area (Å²) in [5, 5.41) is 0. The average Bonchev–Trinajstić information content (AvgIpc) is 2.44. The third-order valence-electron chi connectivity index (χ3n) is 3.08. The third kappa shape index (κ3) is 3.03. The Labute approximate surface area is 129 Å². The Morgan fingerprint density at radius 3 is 1.54 bits per heavy atom. The number of anilines is 1. The van der Waals surface area contributed by atoms with E-state index in [1.54, 1.807) is 0 Å². The average molecular weight is 367 g/mol. The van der Waals surface area contributed by atoms with Crippen LogP contribution in [0.1, 0.15) is 10.4 Å². The minimum Gasteiger partial charge on any atom is -0.378 e. The van der Waals surface area contributed by atoms with Crippen molar-refractivity contribution in [3.63, 3.8) is 0 Å². The Kier molecular flexibility index (Phi) is 4.90. The molecule has 0 atom stereocenters. The number of carbonyl (C=O) groups is 1. The molecule has 0 unspecified atom stereocenters. The summed E-state index contributed by atoms with van der Waals surface area (Å²) in [7, 11) is 3.03. The van der Waals surface area contributed by atoms with Gasteiger partial charge in [-0.2, -0.15) is 39.5 Å². The molecule has 0 radical (unpaired) electrons. The van der Waals surface area contributed by atoms with E-state index < -0.39 is 35.3 Å². The molecular formula is C13H10F9NO. The Morgan fingerprint density at radius 1 is 0.792 bits per heavy atom. The first-order valence-electron chi connectivity index (χ1n) is 6.09. The van der Waals surface area contributed by atoms with Crippen molar-refractivity contribution in [3.05, 3.63) is 29.8 Å². The standard InChI is InChI=1S/C13H10F9NO/c1-23(2)8-5-3-7(4-6-8)9(24)10(14,15)11(16,17)12(18,19)13(20,21)22/h3-6H,1-2H3. The van der Waals surface area contributed by atoms with Crippen molar-refractivity contribution >= 4 is 11.5 Å². The summed E-state index contributed by atoms with van der Waals surface area (Å²) in [5.74, 6) is -23.2. The molecule has 0 aliphatic heterocycles. The van der Waals surface area contributed by atoms with Crippen LogP contribution >= 0.6 is 0 Å². The molecule has 24 heavy (non-hydrogen) atoms. The Hall–Kier alpha value is -1.94. The highest BCUT2D eigenvalue weighted by molar-refractivity contribution is 6.02. The normalized spacial score (nSPS) is 13.8. The maximum Gasteiger partial charge on any atom is 0.460 e. The molecule has 0 aromatic heterocycles. The molecule has 0 aliphatic carbocycles. The van der Waals surface area contributed by atoms with Gasteiger partial charge in [0, 0.05) is 25.3 Å². The number of alkyl halides is 9. The van der Waals surface area contributed by atoms with Crippen LogP contribution in [0.5, 0.6) is 0 Å². The van der Waals surface area contributed by atoms with Gasteiger partial charge in [0.1, 0.15) is 0 Å². The van der Waals surface area contributed by atoms with Crippen molar-refractivity contribution in [1.82, 2.24) is 0 Å². The van der Waals surface area contributed by atoms with E-state index in [-0.39, 0.29) is 0 Å². The minimum atomic E-state index is -7.09. The van der Waals surface area contributed by atoms with Crippen molar-refractivity contribution in [2.75, 3.05) is 19.0 Å². The first kappa shape index (κ1) is 20.1. The van der Waals surface area contributed by atoms with Crippen LogP contribution in [0.15, 0.2) is 24.3 Å². The number of rotatable bonds is 5. The van der Waals surface area contributed by atoms with Crippen molar-refractivity contribution in [2.24, 2.45) is 0 Å². The second-order valence-corrected chi connectivity index (χ2v) is 4.99. The van der Waals surface area contributed by atoms with E-state index in [2.05, 4.69) is 0 Å². The van der Waals surface area contributed by atoms with Crippen LogP contribution in [0.3, 0.4) is 0 Å². The fraction of sp³-hybridized carbons (Fsp3) is 0.462. The van der Waals surface area contributed by atoms with Gasteiger partial charge in [-0.25, -0.2) is 0 Å². The van der Waals surface area contributed by atoms with Crippen LogP contribution in [0, 0.1) is 0 Å². The first-order chi connectivity index (χ1) is 10.6. The molecule has 0 saturated heterocycles. The summed E-state index contributed by atoms with van der Waals surface area (Å²) in [4.78, 5) is 12.9. The highest BCUT2D eigenvalue weighted by Crippen LogP contribution is 2.53. The highest BCUT2D eigenvalue weighted by Gasteiger charge is 2.83. The van der Waals surface area contributed by atoms with E-state index in [1.165, 1.54) is 19.0 Å². The lowest BCUT2D eigenvalue weighted by Crippen LogP contribution is -2.63. The molecule has 0 N–H and O–H groups in total. The van der Waals surface area contributed by atoms with E-state index in [9.17, 15) is 44.3 Å². The molecule has 0 saturated carbocycles. The first-order valence-corrected chi connectivity index (χ1v) is 6.09. The number of benzene rings is 1. The number of nitrogens with zero attached hydrogens (tertiary/aromatic N) is 1. The Balaban J connectivity index is 3.29. The fourth-order valence-corrected chi connectivity index (χ4v) is 1.61. The number of hydrogen-bond acceptors (Lipinski definition) is 2. The van der Waals surface area contributed by atoms with Gasteiger partial charge in [0.25, 0.3) is 0 Å². The molecule has 0 fully saturated rings. The lowest BCUT2D eigenvalue weighted by Gasteiger charge is -2.32. The molecule has 1 aromatic carbocycles. The monoisotopic (exact) mass is 367 g/mol. The van der Waals surface area contributed by atoms with Crippen molar-refractivity contribution in [3.8, 4) is 0 Å². The van der Waals surface area contributed by atoms with Gasteiger partial charge < -0.3 is 4.90 Å². The van der Waals surface area contributed by atoms with E-state index >= 15 is 0 Å². The molecular weight excluding hydrogens is 357 g/mol. The van der Waals surface area contributed by atoms with Crippen LogP contribution in [0.2, 0.25) is 0 Å². The number of carbonyl (C=O) groups excluding carboxylic acids is 1. The minimum absolute atomic E-state index is 0.349. The van der Waals surface area contributed by atoms with Gasteiger partial charge in [0.15, 0.2) is 0 Å². The zero-order valence-corrected chi connectivity index (χ0v) is 12.1. The zero-order valence-electron chi connectivity index (χ0n) is 12.1. The van der Waals surface area contributed by atoms with Crippen LogP contribution in [0.25, 0.3) is 0 Å². The molecule has 0 aliphatic rings.